The zero-order chi connectivity index (χ0) is 27.2. The molecule has 2 N–H and O–H groups in total. The van der Waals surface area contributed by atoms with Gasteiger partial charge in [0.2, 0.25) is 0 Å². The lowest BCUT2D eigenvalue weighted by Gasteiger charge is -2.15. The van der Waals surface area contributed by atoms with Gasteiger partial charge in [-0.05, 0) is 79.8 Å². The molecule has 196 valence electrons. The number of hydrogen-bond acceptors (Lipinski definition) is 4. The van der Waals surface area contributed by atoms with Crippen LogP contribution >= 0.6 is 0 Å². The van der Waals surface area contributed by atoms with Crippen molar-refractivity contribution >= 4 is 16.8 Å². The molecule has 39 heavy (non-hydrogen) atoms. The van der Waals surface area contributed by atoms with E-state index >= 15 is 0 Å². The number of ether oxygens (including phenoxy) is 1. The first-order valence-corrected chi connectivity index (χ1v) is 13.2. The molecule has 0 unspecified atom stereocenters. The lowest BCUT2D eigenvalue weighted by Crippen LogP contribution is -2.24. The normalized spacial score (nSPS) is 10.9. The van der Waals surface area contributed by atoms with Crippen LogP contribution in [0.4, 0.5) is 0 Å². The molecule has 0 fully saturated rings. The summed E-state index contributed by atoms with van der Waals surface area (Å²) in [7, 11) is 0. The number of nitrogens with one attached hydrogen (secondary N) is 1. The van der Waals surface area contributed by atoms with E-state index in [0.29, 0.717) is 30.0 Å². The Bertz CT molecular complexity index is 1590. The van der Waals surface area contributed by atoms with Crippen LogP contribution in [0, 0.1) is 13.8 Å². The highest BCUT2D eigenvalue weighted by atomic mass is 16.5. The van der Waals surface area contributed by atoms with Gasteiger partial charge in [0.05, 0.1) is 0 Å². The second kappa shape index (κ2) is 11.8. The monoisotopic (exact) mass is 516 g/mol. The highest BCUT2D eigenvalue weighted by Crippen LogP contribution is 2.36. The molecular formula is C34H32N2O3. The molecule has 0 aliphatic heterocycles. The number of aryl methyl sites for hydroxylation is 3. The number of amides is 1. The van der Waals surface area contributed by atoms with Gasteiger partial charge in [-0.15, -0.1) is 0 Å². The molecule has 0 aliphatic carbocycles. The Morgan fingerprint density at radius 3 is 2.46 bits per heavy atom. The molecule has 1 heterocycles. The van der Waals surface area contributed by atoms with E-state index in [-0.39, 0.29) is 11.7 Å². The maximum absolute atomic E-state index is 13.0. The van der Waals surface area contributed by atoms with Crippen molar-refractivity contribution < 1.29 is 14.6 Å². The minimum Gasteiger partial charge on any atom is -0.506 e. The fourth-order valence-electron chi connectivity index (χ4n) is 4.90. The van der Waals surface area contributed by atoms with Crippen molar-refractivity contribution in [3.63, 3.8) is 0 Å². The Hall–Kier alpha value is -4.64. The van der Waals surface area contributed by atoms with Gasteiger partial charge in [0, 0.05) is 29.3 Å². The Balaban J connectivity index is 1.40. The third-order valence-corrected chi connectivity index (χ3v) is 6.69. The van der Waals surface area contributed by atoms with Crippen molar-refractivity contribution in [2.24, 2.45) is 0 Å². The summed E-state index contributed by atoms with van der Waals surface area (Å²) in [5, 5.41) is 14.5. The Labute approximate surface area is 229 Å². The molecule has 0 aliphatic rings. The zero-order valence-electron chi connectivity index (χ0n) is 22.3. The Morgan fingerprint density at radius 1 is 0.872 bits per heavy atom. The average Bonchev–Trinajstić information content (AvgIpc) is 2.94. The van der Waals surface area contributed by atoms with Gasteiger partial charge in [0.25, 0.3) is 5.91 Å². The Kier molecular flexibility index (Phi) is 7.88. The minimum absolute atomic E-state index is 0.101. The number of phenols is 1. The maximum atomic E-state index is 13.0. The van der Waals surface area contributed by atoms with Gasteiger partial charge >= 0.3 is 0 Å². The van der Waals surface area contributed by atoms with Gasteiger partial charge in [-0.1, -0.05) is 65.7 Å². The minimum atomic E-state index is -0.142. The van der Waals surface area contributed by atoms with E-state index in [1.807, 2.05) is 42.5 Å². The first-order chi connectivity index (χ1) is 19.0. The lowest BCUT2D eigenvalue weighted by molar-refractivity contribution is 0.0952. The summed E-state index contributed by atoms with van der Waals surface area (Å²) in [6.07, 6.45) is 3.42. The zero-order valence-corrected chi connectivity index (χ0v) is 22.3. The molecule has 0 spiro atoms. The van der Waals surface area contributed by atoms with Gasteiger partial charge in [-0.2, -0.15) is 0 Å². The largest absolute Gasteiger partial charge is 0.506 e. The first kappa shape index (κ1) is 26.0. The van der Waals surface area contributed by atoms with Crippen LogP contribution < -0.4 is 10.1 Å². The second-order valence-electron chi connectivity index (χ2n) is 9.91. The van der Waals surface area contributed by atoms with Gasteiger partial charge < -0.3 is 15.2 Å². The number of benzene rings is 4. The van der Waals surface area contributed by atoms with Gasteiger partial charge in [-0.3, -0.25) is 9.78 Å². The fourth-order valence-corrected chi connectivity index (χ4v) is 4.90. The van der Waals surface area contributed by atoms with Crippen molar-refractivity contribution in [1.29, 1.82) is 0 Å². The SMILES string of the molecule is Cc1cc(C)cc(COc2cc(C(=O)NCCCc3ccccc3)ccc2-c2cc(O)c3ncccc3c2)c1. The number of pyridine rings is 1. The molecule has 5 nitrogen and oxygen atoms in total. The van der Waals surface area contributed by atoms with E-state index < -0.39 is 0 Å². The summed E-state index contributed by atoms with van der Waals surface area (Å²) in [4.78, 5) is 17.3. The molecule has 5 rings (SSSR count). The van der Waals surface area contributed by atoms with Gasteiger partial charge in [0.1, 0.15) is 23.6 Å². The average molecular weight is 517 g/mol. The molecule has 1 aromatic heterocycles. The molecule has 0 atom stereocenters. The van der Waals surface area contributed by atoms with Crippen molar-refractivity contribution in [2.75, 3.05) is 6.54 Å². The third-order valence-electron chi connectivity index (χ3n) is 6.69. The number of carbonyl (C=O) groups is 1. The van der Waals surface area contributed by atoms with Crippen LogP contribution in [-0.2, 0) is 13.0 Å². The number of fused-ring (bicyclic) bond motifs is 1. The summed E-state index contributed by atoms with van der Waals surface area (Å²) in [6.45, 7) is 5.08. The van der Waals surface area contributed by atoms with Crippen LogP contribution in [0.3, 0.4) is 0 Å². The van der Waals surface area contributed by atoms with E-state index in [0.717, 1.165) is 34.9 Å². The van der Waals surface area contributed by atoms with Crippen molar-refractivity contribution in [2.45, 2.75) is 33.3 Å². The molecule has 0 saturated carbocycles. The van der Waals surface area contributed by atoms with E-state index in [1.54, 1.807) is 24.4 Å². The van der Waals surface area contributed by atoms with E-state index in [9.17, 15) is 9.90 Å². The molecule has 0 radical (unpaired) electrons. The molecular weight excluding hydrogens is 484 g/mol. The van der Waals surface area contributed by atoms with Gasteiger partial charge in [0.15, 0.2) is 0 Å². The van der Waals surface area contributed by atoms with E-state index in [1.165, 1.54) is 16.7 Å². The number of phenolic OH excluding ortho intramolecular Hbond substituents is 1. The fraction of sp³-hybridized carbons (Fsp3) is 0.176. The van der Waals surface area contributed by atoms with Crippen molar-refractivity contribution in [1.82, 2.24) is 10.3 Å². The molecule has 4 aromatic carbocycles. The highest BCUT2D eigenvalue weighted by molar-refractivity contribution is 5.96. The molecule has 0 bridgehead atoms. The summed E-state index contributed by atoms with van der Waals surface area (Å²) >= 11 is 0. The van der Waals surface area contributed by atoms with Crippen LogP contribution in [0.1, 0.15) is 39.0 Å². The summed E-state index contributed by atoms with van der Waals surface area (Å²) in [5.74, 6) is 0.536. The predicted molar refractivity (Wildman–Crippen MR) is 156 cm³/mol. The molecule has 0 saturated heterocycles. The number of rotatable bonds is 9. The van der Waals surface area contributed by atoms with Crippen LogP contribution in [-0.4, -0.2) is 22.5 Å². The number of nitrogens with zero attached hydrogens (tertiary/aromatic N) is 1. The lowest BCUT2D eigenvalue weighted by atomic mass is 9.99. The Morgan fingerprint density at radius 2 is 1.67 bits per heavy atom. The van der Waals surface area contributed by atoms with Crippen LogP contribution in [0.5, 0.6) is 11.5 Å². The summed E-state index contributed by atoms with van der Waals surface area (Å²) in [5.41, 5.74) is 7.31. The van der Waals surface area contributed by atoms with Crippen LogP contribution in [0.15, 0.2) is 97.2 Å². The van der Waals surface area contributed by atoms with Crippen molar-refractivity contribution in [3.05, 3.63) is 125 Å². The molecule has 5 aromatic rings. The van der Waals surface area contributed by atoms with E-state index in [4.69, 9.17) is 4.74 Å². The van der Waals surface area contributed by atoms with Crippen LogP contribution in [0.2, 0.25) is 0 Å². The van der Waals surface area contributed by atoms with Crippen LogP contribution in [0.25, 0.3) is 22.0 Å². The number of aromatic nitrogens is 1. The standard InChI is InChI=1S/C34H32N2O3/c1-23-16-24(2)18-26(17-23)22-39-32-21-28(34(38)36-15-6-10-25-8-4-3-5-9-25)12-13-30(32)29-19-27-11-7-14-35-33(27)31(37)20-29/h3-5,7-9,11-14,16-21,37H,6,10,15,22H2,1-2H3,(H,36,38). The summed E-state index contributed by atoms with van der Waals surface area (Å²) in [6, 6.07) is 29.5. The third kappa shape index (κ3) is 6.44. The van der Waals surface area contributed by atoms with Gasteiger partial charge in [-0.25, -0.2) is 0 Å². The smallest absolute Gasteiger partial charge is 0.251 e. The second-order valence-corrected chi connectivity index (χ2v) is 9.91. The van der Waals surface area contributed by atoms with Crippen molar-refractivity contribution in [3.8, 4) is 22.6 Å². The van der Waals surface area contributed by atoms with E-state index in [2.05, 4.69) is 54.5 Å². The summed E-state index contributed by atoms with van der Waals surface area (Å²) < 4.78 is 6.34. The number of hydrogen-bond donors (Lipinski definition) is 2. The highest BCUT2D eigenvalue weighted by Gasteiger charge is 2.15. The number of aromatic hydroxyl groups is 1. The number of carbonyl (C=O) groups excluding carboxylic acids is 1. The topological polar surface area (TPSA) is 71.5 Å². The quantitative estimate of drug-likeness (QED) is 0.204. The predicted octanol–water partition coefficient (Wildman–Crippen LogP) is 7.17. The molecule has 5 heteroatoms. The first-order valence-electron chi connectivity index (χ1n) is 13.2. The maximum Gasteiger partial charge on any atom is 0.251 e. The molecule has 1 amide bonds.